The summed E-state index contributed by atoms with van der Waals surface area (Å²) in [5, 5.41) is 24.0. The summed E-state index contributed by atoms with van der Waals surface area (Å²) < 4.78 is 0. The molecule has 0 aliphatic heterocycles. The van der Waals surface area contributed by atoms with E-state index in [2.05, 4.69) is 5.32 Å². The number of amides is 1. The minimum absolute atomic E-state index is 0.0139. The predicted molar refractivity (Wildman–Crippen MR) is 125 cm³/mol. The molecule has 2 aromatic carbocycles. The number of nitrogens with zero attached hydrogens (tertiary/aromatic N) is 2. The Kier molecular flexibility index (Phi) is 10.1. The van der Waals surface area contributed by atoms with Crippen LogP contribution >= 0.6 is 46.4 Å². The highest BCUT2D eigenvalue weighted by Crippen LogP contribution is 2.35. The van der Waals surface area contributed by atoms with E-state index in [-0.39, 0.29) is 50.5 Å². The Labute approximate surface area is 204 Å². The van der Waals surface area contributed by atoms with Crippen LogP contribution in [-0.4, -0.2) is 15.8 Å². The summed E-state index contributed by atoms with van der Waals surface area (Å²) in [4.78, 5) is 31.8. The molecule has 3 N–H and O–H groups in total. The van der Waals surface area contributed by atoms with Crippen molar-refractivity contribution in [3.63, 3.8) is 0 Å². The Morgan fingerprint density at radius 2 is 1.31 bits per heavy atom. The van der Waals surface area contributed by atoms with Gasteiger partial charge < -0.3 is 11.1 Å². The van der Waals surface area contributed by atoms with Crippen LogP contribution in [0.25, 0.3) is 0 Å². The molecule has 0 bridgehead atoms. The molecule has 0 aromatic heterocycles. The second-order valence-electron chi connectivity index (χ2n) is 7.39. The van der Waals surface area contributed by atoms with Crippen molar-refractivity contribution in [1.82, 2.24) is 5.32 Å². The molecule has 0 atom stereocenters. The van der Waals surface area contributed by atoms with Crippen LogP contribution in [0.4, 0.5) is 11.4 Å². The van der Waals surface area contributed by atoms with Crippen molar-refractivity contribution >= 4 is 63.7 Å². The van der Waals surface area contributed by atoms with Crippen molar-refractivity contribution in [2.45, 2.75) is 33.9 Å². The van der Waals surface area contributed by atoms with E-state index < -0.39 is 15.3 Å². The fourth-order valence-corrected chi connectivity index (χ4v) is 3.40. The van der Waals surface area contributed by atoms with E-state index in [1.807, 2.05) is 0 Å². The lowest BCUT2D eigenvalue weighted by atomic mass is 9.95. The van der Waals surface area contributed by atoms with Crippen LogP contribution in [0.15, 0.2) is 24.3 Å². The zero-order valence-corrected chi connectivity index (χ0v) is 20.3. The van der Waals surface area contributed by atoms with E-state index in [1.54, 1.807) is 32.9 Å². The van der Waals surface area contributed by atoms with Crippen LogP contribution in [0.2, 0.25) is 20.1 Å². The first-order valence-corrected chi connectivity index (χ1v) is 10.4. The molecule has 2 rings (SSSR count). The Bertz CT molecular complexity index is 1040. The number of nitro groups is 2. The summed E-state index contributed by atoms with van der Waals surface area (Å²) >= 11 is 22.9. The summed E-state index contributed by atoms with van der Waals surface area (Å²) in [6, 6.07) is 5.93. The number of rotatable bonds is 5. The van der Waals surface area contributed by atoms with Crippen LogP contribution in [0.5, 0.6) is 0 Å². The maximum Gasteiger partial charge on any atom is 0.306 e. The summed E-state index contributed by atoms with van der Waals surface area (Å²) in [5.41, 5.74) is 5.12. The number of halogens is 4. The van der Waals surface area contributed by atoms with Gasteiger partial charge in [-0.2, -0.15) is 0 Å². The molecule has 0 aliphatic carbocycles. The summed E-state index contributed by atoms with van der Waals surface area (Å²) in [5.74, 6) is -0.166. The van der Waals surface area contributed by atoms with Crippen molar-refractivity contribution in [2.24, 2.45) is 11.1 Å². The number of benzene rings is 2. The van der Waals surface area contributed by atoms with Crippen molar-refractivity contribution < 1.29 is 14.6 Å². The SMILES string of the molecule is CC(C)(C)C(=O)NCc1ccc(Cl)c([N+](=O)[O-])c1Cl.NCc1ccc(Cl)c([N+](=O)[O-])c1Cl. The lowest BCUT2D eigenvalue weighted by Gasteiger charge is -2.18. The smallest absolute Gasteiger partial charge is 0.306 e. The molecule has 1 amide bonds. The van der Waals surface area contributed by atoms with Gasteiger partial charge in [0.2, 0.25) is 5.91 Å². The third-order valence-corrected chi connectivity index (χ3v) is 5.45. The first kappa shape index (κ1) is 27.9. The molecule has 0 fully saturated rings. The van der Waals surface area contributed by atoms with Crippen molar-refractivity contribution in [1.29, 1.82) is 0 Å². The van der Waals surface area contributed by atoms with E-state index >= 15 is 0 Å². The number of hydrogen-bond donors (Lipinski definition) is 2. The largest absolute Gasteiger partial charge is 0.352 e. The van der Waals surface area contributed by atoms with E-state index in [0.29, 0.717) is 11.1 Å². The minimum atomic E-state index is -0.639. The number of nitro benzene ring substituents is 2. The Hall–Kier alpha value is -2.17. The molecule has 32 heavy (non-hydrogen) atoms. The van der Waals surface area contributed by atoms with Crippen molar-refractivity contribution in [3.05, 3.63) is 75.7 Å². The van der Waals surface area contributed by atoms with Gasteiger partial charge in [-0.3, -0.25) is 25.0 Å². The number of carbonyl (C=O) groups excluding carboxylic acids is 1. The van der Waals surface area contributed by atoms with Crippen molar-refractivity contribution in [2.75, 3.05) is 0 Å². The molecule has 0 heterocycles. The van der Waals surface area contributed by atoms with Crippen LogP contribution in [0, 0.1) is 25.6 Å². The van der Waals surface area contributed by atoms with Gasteiger partial charge in [-0.1, -0.05) is 79.3 Å². The first-order valence-electron chi connectivity index (χ1n) is 8.93. The van der Waals surface area contributed by atoms with E-state index in [9.17, 15) is 25.0 Å². The molecule has 9 nitrogen and oxygen atoms in total. The van der Waals surface area contributed by atoms with Gasteiger partial charge in [0.05, 0.1) is 9.85 Å². The van der Waals surface area contributed by atoms with Gasteiger partial charge in [0.1, 0.15) is 20.1 Å². The molecule has 2 aromatic rings. The quantitative estimate of drug-likeness (QED) is 0.366. The third kappa shape index (κ3) is 7.18. The highest BCUT2D eigenvalue weighted by molar-refractivity contribution is 6.39. The molecule has 0 saturated heterocycles. The molecule has 0 radical (unpaired) electrons. The van der Waals surface area contributed by atoms with Gasteiger partial charge in [-0.05, 0) is 23.3 Å². The summed E-state index contributed by atoms with van der Waals surface area (Å²) in [7, 11) is 0. The average Bonchev–Trinajstić information content (AvgIpc) is 2.66. The van der Waals surface area contributed by atoms with Gasteiger partial charge in [0, 0.05) is 18.5 Å². The second-order valence-corrected chi connectivity index (χ2v) is 8.96. The zero-order chi connectivity index (χ0) is 24.8. The monoisotopic (exact) mass is 524 g/mol. The fourth-order valence-electron chi connectivity index (χ4n) is 2.24. The highest BCUT2D eigenvalue weighted by Gasteiger charge is 2.24. The lowest BCUT2D eigenvalue weighted by molar-refractivity contribution is -0.384. The topological polar surface area (TPSA) is 141 Å². The van der Waals surface area contributed by atoms with Gasteiger partial charge in [-0.15, -0.1) is 0 Å². The molecule has 174 valence electrons. The number of nitrogens with two attached hydrogens (primary N) is 1. The van der Waals surface area contributed by atoms with Gasteiger partial charge >= 0.3 is 11.4 Å². The first-order chi connectivity index (χ1) is 14.7. The van der Waals surface area contributed by atoms with Crippen LogP contribution in [0.1, 0.15) is 31.9 Å². The van der Waals surface area contributed by atoms with E-state index in [4.69, 9.17) is 52.1 Å². The second kappa shape index (κ2) is 11.6. The minimum Gasteiger partial charge on any atom is -0.352 e. The normalized spacial score (nSPS) is 10.8. The molecular weight excluding hydrogens is 506 g/mol. The summed E-state index contributed by atoms with van der Waals surface area (Å²) in [6.07, 6.45) is 0. The molecule has 0 spiro atoms. The van der Waals surface area contributed by atoms with Crippen molar-refractivity contribution in [3.8, 4) is 0 Å². The van der Waals surface area contributed by atoms with Gasteiger partial charge in [-0.25, -0.2) is 0 Å². The summed E-state index contributed by atoms with van der Waals surface area (Å²) in [6.45, 7) is 5.58. The fraction of sp³-hybridized carbons (Fsp3) is 0.316. The predicted octanol–water partition coefficient (Wildman–Crippen LogP) is 5.92. The highest BCUT2D eigenvalue weighted by atomic mass is 35.5. The Balaban J connectivity index is 0.000000343. The molecule has 0 saturated carbocycles. The van der Waals surface area contributed by atoms with E-state index in [0.717, 1.165) is 0 Å². The molecular formula is C19H20Cl4N4O5. The van der Waals surface area contributed by atoms with Gasteiger partial charge in [0.25, 0.3) is 0 Å². The van der Waals surface area contributed by atoms with Crippen LogP contribution in [-0.2, 0) is 17.9 Å². The molecule has 0 unspecified atom stereocenters. The average molecular weight is 526 g/mol. The Morgan fingerprint density at radius 1 is 0.906 bits per heavy atom. The lowest BCUT2D eigenvalue weighted by Crippen LogP contribution is -2.34. The molecule has 13 heteroatoms. The maximum absolute atomic E-state index is 11.7. The molecule has 0 aliphatic rings. The number of hydrogen-bond acceptors (Lipinski definition) is 6. The third-order valence-electron chi connectivity index (χ3n) is 4.00. The van der Waals surface area contributed by atoms with Crippen LogP contribution < -0.4 is 11.1 Å². The van der Waals surface area contributed by atoms with E-state index in [1.165, 1.54) is 12.1 Å². The van der Waals surface area contributed by atoms with Crippen LogP contribution in [0.3, 0.4) is 0 Å². The maximum atomic E-state index is 11.7. The zero-order valence-electron chi connectivity index (χ0n) is 17.2. The van der Waals surface area contributed by atoms with Gasteiger partial charge in [0.15, 0.2) is 0 Å². The number of nitrogens with one attached hydrogen (secondary N) is 1. The number of carbonyl (C=O) groups is 1. The Morgan fingerprint density at radius 3 is 1.69 bits per heavy atom. The standard InChI is InChI=1S/C12H14Cl2N2O3.C7H6Cl2N2O2/c1-12(2,3)11(17)15-6-7-4-5-8(13)10(9(7)14)16(18)19;8-5-2-1-4(3-10)6(9)7(5)11(12)13/h4-5H,6H2,1-3H3,(H,15,17);1-2H,3,10H2.